The van der Waals surface area contributed by atoms with Crippen molar-refractivity contribution in [1.82, 2.24) is 14.9 Å². The zero-order valence-electron chi connectivity index (χ0n) is 22.6. The number of ether oxygens (including phenoxy) is 1. The number of nitrogens with zero attached hydrogens (tertiary/aromatic N) is 4. The summed E-state index contributed by atoms with van der Waals surface area (Å²) in [6.07, 6.45) is 3.43. The smallest absolute Gasteiger partial charge is 0.338 e. The number of esters is 1. The van der Waals surface area contributed by atoms with E-state index in [0.29, 0.717) is 17.2 Å². The molecule has 194 valence electrons. The van der Waals surface area contributed by atoms with Crippen molar-refractivity contribution in [1.29, 1.82) is 0 Å². The molecule has 0 spiro atoms. The Morgan fingerprint density at radius 2 is 1.53 bits per heavy atom. The van der Waals surface area contributed by atoms with E-state index < -0.39 is 0 Å². The quantitative estimate of drug-likeness (QED) is 0.333. The Balaban J connectivity index is 0.000000318. The lowest BCUT2D eigenvalue weighted by atomic mass is 9.93. The van der Waals surface area contributed by atoms with Crippen molar-refractivity contribution in [2.24, 2.45) is 4.99 Å². The zero-order valence-corrected chi connectivity index (χ0v) is 22.6. The second-order valence-corrected chi connectivity index (χ2v) is 8.00. The van der Waals surface area contributed by atoms with E-state index in [1.807, 2.05) is 83.1 Å². The van der Waals surface area contributed by atoms with Gasteiger partial charge in [0.1, 0.15) is 5.60 Å². The highest BCUT2D eigenvalue weighted by molar-refractivity contribution is 5.89. The Morgan fingerprint density at radius 1 is 1.00 bits per heavy atom. The van der Waals surface area contributed by atoms with Gasteiger partial charge in [-0.2, -0.15) is 0 Å². The fraction of sp³-hybridized carbons (Fsp3) is 0.379. The van der Waals surface area contributed by atoms with Crippen molar-refractivity contribution in [3.05, 3.63) is 72.4 Å². The van der Waals surface area contributed by atoms with E-state index in [0.717, 1.165) is 37.2 Å². The highest BCUT2D eigenvalue weighted by Crippen LogP contribution is 2.26. The molecule has 0 saturated carbocycles. The van der Waals surface area contributed by atoms with Crippen molar-refractivity contribution in [3.8, 4) is 11.3 Å². The number of nitrogens with two attached hydrogens (primary N) is 1. The molecule has 2 aromatic carbocycles. The van der Waals surface area contributed by atoms with Crippen LogP contribution in [0.1, 0.15) is 57.8 Å². The second-order valence-electron chi connectivity index (χ2n) is 8.00. The van der Waals surface area contributed by atoms with E-state index in [4.69, 9.17) is 10.5 Å². The third kappa shape index (κ3) is 9.58. The van der Waals surface area contributed by atoms with E-state index in [1.54, 1.807) is 18.3 Å². The Kier molecular flexibility index (Phi) is 13.7. The normalized spacial score (nSPS) is 13.8. The molecule has 1 aliphatic heterocycles. The maximum absolute atomic E-state index is 12.0. The molecule has 7 nitrogen and oxygen atoms in total. The first-order valence-electron chi connectivity index (χ1n) is 12.5. The van der Waals surface area contributed by atoms with E-state index >= 15 is 0 Å². The van der Waals surface area contributed by atoms with E-state index in [2.05, 4.69) is 33.6 Å². The summed E-state index contributed by atoms with van der Waals surface area (Å²) in [7, 11) is 2.10. The lowest BCUT2D eigenvalue weighted by molar-refractivity contribution is -0.0372. The molecule has 1 aliphatic rings. The van der Waals surface area contributed by atoms with Crippen molar-refractivity contribution in [2.75, 3.05) is 25.9 Å². The number of carbonyl (C=O) groups excluding carboxylic acids is 1. The van der Waals surface area contributed by atoms with Crippen LogP contribution in [0, 0.1) is 0 Å². The number of piperidine rings is 1. The molecule has 2 N–H and O–H groups in total. The average Bonchev–Trinajstić information content (AvgIpc) is 2.94. The Labute approximate surface area is 216 Å². The van der Waals surface area contributed by atoms with Gasteiger partial charge in [-0.05, 0) is 45.7 Å². The number of nitrogen functional groups attached to an aromatic ring is 1. The molecule has 1 aromatic heterocycles. The van der Waals surface area contributed by atoms with Crippen LogP contribution < -0.4 is 5.73 Å². The number of likely N-dealkylation sites (tertiary alicyclic amines) is 1. The Hall–Kier alpha value is -3.58. The first kappa shape index (κ1) is 30.5. The largest absolute Gasteiger partial charge is 0.456 e. The number of anilines is 1. The molecular formula is C29H41N5O2. The SMILES string of the molecule is C=Nc1nc(-c2ccccc2)cnc1N.CC.CC.CN1CCC(C)(OC(=O)c2ccccc2)CC1. The monoisotopic (exact) mass is 491 g/mol. The topological polar surface area (TPSA) is 93.7 Å². The minimum atomic E-state index is -0.306. The first-order valence-corrected chi connectivity index (χ1v) is 12.5. The van der Waals surface area contributed by atoms with Crippen molar-refractivity contribution in [2.45, 2.75) is 53.1 Å². The van der Waals surface area contributed by atoms with Crippen LogP contribution in [0.4, 0.5) is 11.6 Å². The van der Waals surface area contributed by atoms with Crippen LogP contribution >= 0.6 is 0 Å². The Morgan fingerprint density at radius 3 is 2.06 bits per heavy atom. The summed E-state index contributed by atoms with van der Waals surface area (Å²) in [5.41, 5.74) is 7.62. The number of rotatable bonds is 4. The van der Waals surface area contributed by atoms with Crippen LogP contribution in [0.5, 0.6) is 0 Å². The summed E-state index contributed by atoms with van der Waals surface area (Å²) in [5.74, 6) is 0.457. The summed E-state index contributed by atoms with van der Waals surface area (Å²) >= 11 is 0. The van der Waals surface area contributed by atoms with Crippen LogP contribution in [0.2, 0.25) is 0 Å². The number of carbonyl (C=O) groups is 1. The molecule has 0 bridgehead atoms. The van der Waals surface area contributed by atoms with Gasteiger partial charge < -0.3 is 15.4 Å². The van der Waals surface area contributed by atoms with Crippen molar-refractivity contribution >= 4 is 24.3 Å². The summed E-state index contributed by atoms with van der Waals surface area (Å²) in [5, 5.41) is 0. The molecule has 0 radical (unpaired) electrons. The molecular weight excluding hydrogens is 450 g/mol. The number of aromatic nitrogens is 2. The van der Waals surface area contributed by atoms with E-state index in [9.17, 15) is 4.79 Å². The maximum atomic E-state index is 12.0. The van der Waals surface area contributed by atoms with Gasteiger partial charge in [-0.15, -0.1) is 0 Å². The van der Waals surface area contributed by atoms with Gasteiger partial charge in [0.25, 0.3) is 0 Å². The molecule has 2 heterocycles. The first-order chi connectivity index (χ1) is 17.4. The predicted octanol–water partition coefficient (Wildman–Crippen LogP) is 6.44. The van der Waals surface area contributed by atoms with Crippen LogP contribution in [0.15, 0.2) is 71.9 Å². The van der Waals surface area contributed by atoms with Gasteiger partial charge >= 0.3 is 5.97 Å². The highest BCUT2D eigenvalue weighted by Gasteiger charge is 2.32. The highest BCUT2D eigenvalue weighted by atomic mass is 16.6. The third-order valence-electron chi connectivity index (χ3n) is 5.39. The summed E-state index contributed by atoms with van der Waals surface area (Å²) in [6.45, 7) is 15.4. The number of hydrogen-bond acceptors (Lipinski definition) is 7. The van der Waals surface area contributed by atoms with Crippen LogP contribution in [-0.4, -0.2) is 53.3 Å². The number of aliphatic imine (C=N–C) groups is 1. The van der Waals surface area contributed by atoms with Crippen LogP contribution in [0.3, 0.4) is 0 Å². The summed E-state index contributed by atoms with van der Waals surface area (Å²) in [4.78, 5) is 26.2. The fourth-order valence-corrected chi connectivity index (χ4v) is 3.30. The average molecular weight is 492 g/mol. The van der Waals surface area contributed by atoms with Gasteiger partial charge in [0.05, 0.1) is 17.5 Å². The second kappa shape index (κ2) is 16.2. The predicted molar refractivity (Wildman–Crippen MR) is 151 cm³/mol. The standard InChI is InChI=1S/C14H19NO2.C11H10N4.2C2H6/c1-14(8-10-15(2)11-9-14)17-13(16)12-6-4-3-5-7-12;1-13-11-10(12)14-7-9(15-11)8-5-3-2-4-6-8;2*1-2/h3-7H,8-11H2,1-2H3;2-7H,1H2,(H2,12,14);2*1-2H3. The lowest BCUT2D eigenvalue weighted by Gasteiger charge is -2.37. The molecule has 0 unspecified atom stereocenters. The fourth-order valence-electron chi connectivity index (χ4n) is 3.30. The van der Waals surface area contributed by atoms with Gasteiger partial charge in [0.15, 0.2) is 11.6 Å². The van der Waals surface area contributed by atoms with Crippen LogP contribution in [0.25, 0.3) is 11.3 Å². The number of benzene rings is 2. The lowest BCUT2D eigenvalue weighted by Crippen LogP contribution is -2.43. The van der Waals surface area contributed by atoms with E-state index in [1.165, 1.54) is 0 Å². The third-order valence-corrected chi connectivity index (χ3v) is 5.39. The van der Waals surface area contributed by atoms with Crippen molar-refractivity contribution in [3.63, 3.8) is 0 Å². The van der Waals surface area contributed by atoms with Gasteiger partial charge in [-0.1, -0.05) is 76.2 Å². The summed E-state index contributed by atoms with van der Waals surface area (Å²) < 4.78 is 5.65. The Bertz CT molecular complexity index is 1030. The molecule has 0 aliphatic carbocycles. The zero-order chi connectivity index (χ0) is 27.0. The van der Waals surface area contributed by atoms with Gasteiger partial charge in [0, 0.05) is 18.7 Å². The van der Waals surface area contributed by atoms with Crippen molar-refractivity contribution < 1.29 is 9.53 Å². The molecule has 3 aromatic rings. The number of hydrogen-bond donors (Lipinski definition) is 1. The molecule has 0 amide bonds. The minimum Gasteiger partial charge on any atom is -0.456 e. The van der Waals surface area contributed by atoms with Gasteiger partial charge in [-0.25, -0.2) is 19.8 Å². The van der Waals surface area contributed by atoms with Gasteiger partial charge in [-0.3, -0.25) is 0 Å². The molecule has 1 saturated heterocycles. The maximum Gasteiger partial charge on any atom is 0.338 e. The molecule has 4 rings (SSSR count). The molecule has 0 atom stereocenters. The minimum absolute atomic E-state index is 0.211. The van der Waals surface area contributed by atoms with Gasteiger partial charge in [0.2, 0.25) is 0 Å². The molecule has 36 heavy (non-hydrogen) atoms. The summed E-state index contributed by atoms with van der Waals surface area (Å²) in [6, 6.07) is 18.9. The van der Waals surface area contributed by atoms with E-state index in [-0.39, 0.29) is 11.6 Å². The van der Waals surface area contributed by atoms with Crippen LogP contribution in [-0.2, 0) is 4.74 Å². The molecule has 1 fully saturated rings. The molecule has 7 heteroatoms.